The summed E-state index contributed by atoms with van der Waals surface area (Å²) in [6.07, 6.45) is 2.03. The highest BCUT2D eigenvalue weighted by Gasteiger charge is 2.22. The van der Waals surface area contributed by atoms with Crippen LogP contribution in [0.15, 0.2) is 83.4 Å². The van der Waals surface area contributed by atoms with E-state index in [1.54, 1.807) is 7.11 Å². The molecule has 5 heteroatoms. The molecule has 0 radical (unpaired) electrons. The number of ether oxygens (including phenoxy) is 1. The molecule has 1 amide bonds. The molecule has 0 bridgehead atoms. The van der Waals surface area contributed by atoms with Crippen LogP contribution in [0.2, 0.25) is 0 Å². The average Bonchev–Trinajstić information content (AvgIpc) is 3.41. The van der Waals surface area contributed by atoms with Crippen molar-refractivity contribution in [1.29, 1.82) is 0 Å². The SMILES string of the molecule is COc1ccc(C(CNC(=O)c2oc3ccccc3c2C)c2c[nH]c3ccccc23)cc1. The molecular formula is C27H24N2O3. The fourth-order valence-corrected chi connectivity index (χ4v) is 4.29. The van der Waals surface area contributed by atoms with Crippen LogP contribution in [0.4, 0.5) is 0 Å². The largest absolute Gasteiger partial charge is 0.497 e. The summed E-state index contributed by atoms with van der Waals surface area (Å²) in [6.45, 7) is 2.35. The highest BCUT2D eigenvalue weighted by atomic mass is 16.5. The Hall–Kier alpha value is -3.99. The van der Waals surface area contributed by atoms with Gasteiger partial charge in [-0.1, -0.05) is 48.5 Å². The third-order valence-corrected chi connectivity index (χ3v) is 6.03. The van der Waals surface area contributed by atoms with Gasteiger partial charge in [-0.05, 0) is 42.3 Å². The van der Waals surface area contributed by atoms with E-state index in [0.29, 0.717) is 12.3 Å². The molecule has 0 saturated carbocycles. The van der Waals surface area contributed by atoms with Gasteiger partial charge in [-0.25, -0.2) is 0 Å². The van der Waals surface area contributed by atoms with Crippen molar-refractivity contribution in [2.75, 3.05) is 13.7 Å². The van der Waals surface area contributed by atoms with Crippen LogP contribution in [-0.2, 0) is 0 Å². The Labute approximate surface area is 186 Å². The predicted molar refractivity (Wildman–Crippen MR) is 126 cm³/mol. The monoisotopic (exact) mass is 424 g/mol. The number of methoxy groups -OCH3 is 1. The molecule has 5 nitrogen and oxygen atoms in total. The van der Waals surface area contributed by atoms with Gasteiger partial charge in [0.2, 0.25) is 0 Å². The third kappa shape index (κ3) is 3.52. The highest BCUT2D eigenvalue weighted by molar-refractivity contribution is 5.99. The van der Waals surface area contributed by atoms with Crippen LogP contribution in [0.25, 0.3) is 21.9 Å². The summed E-state index contributed by atoms with van der Waals surface area (Å²) in [7, 11) is 1.65. The second-order valence-electron chi connectivity index (χ2n) is 7.88. The van der Waals surface area contributed by atoms with Crippen LogP contribution in [-0.4, -0.2) is 24.5 Å². The summed E-state index contributed by atoms with van der Waals surface area (Å²) in [5.41, 5.74) is 4.87. The van der Waals surface area contributed by atoms with Crippen molar-refractivity contribution < 1.29 is 13.9 Å². The molecule has 0 aliphatic heterocycles. The van der Waals surface area contributed by atoms with Gasteiger partial charge in [0.15, 0.2) is 5.76 Å². The number of benzene rings is 3. The number of rotatable bonds is 6. The number of aryl methyl sites for hydroxylation is 1. The Bertz CT molecular complexity index is 1400. The van der Waals surface area contributed by atoms with Gasteiger partial charge in [0.05, 0.1) is 7.11 Å². The van der Waals surface area contributed by atoms with E-state index in [2.05, 4.69) is 22.4 Å². The van der Waals surface area contributed by atoms with E-state index >= 15 is 0 Å². The first kappa shape index (κ1) is 19.9. The maximum Gasteiger partial charge on any atom is 0.287 e. The number of H-pyrrole nitrogens is 1. The smallest absolute Gasteiger partial charge is 0.287 e. The van der Waals surface area contributed by atoms with Crippen LogP contribution in [0, 0.1) is 6.92 Å². The number of carbonyl (C=O) groups excluding carboxylic acids is 1. The maximum absolute atomic E-state index is 13.1. The van der Waals surface area contributed by atoms with E-state index in [4.69, 9.17) is 9.15 Å². The first-order valence-electron chi connectivity index (χ1n) is 10.6. The number of furan rings is 1. The standard InChI is InChI=1S/C27H24N2O3/c1-17-20-7-4-6-10-25(20)32-26(17)27(30)29-15-22(18-11-13-19(31-2)14-12-18)23-16-28-24-9-5-3-8-21(23)24/h3-14,16,22,28H,15H2,1-2H3,(H,29,30). The minimum absolute atomic E-state index is 0.0364. The first-order valence-corrected chi connectivity index (χ1v) is 10.6. The first-order chi connectivity index (χ1) is 15.7. The van der Waals surface area contributed by atoms with E-state index in [0.717, 1.165) is 44.3 Å². The second-order valence-corrected chi connectivity index (χ2v) is 7.88. The van der Waals surface area contributed by atoms with Crippen molar-refractivity contribution in [2.24, 2.45) is 0 Å². The van der Waals surface area contributed by atoms with Crippen molar-refractivity contribution in [3.05, 3.63) is 101 Å². The zero-order chi connectivity index (χ0) is 22.1. The Morgan fingerprint density at radius 1 is 1.00 bits per heavy atom. The molecule has 0 fully saturated rings. The molecule has 0 aliphatic carbocycles. The van der Waals surface area contributed by atoms with Crippen molar-refractivity contribution in [3.8, 4) is 5.75 Å². The molecule has 0 aliphatic rings. The number of fused-ring (bicyclic) bond motifs is 2. The van der Waals surface area contributed by atoms with E-state index in [9.17, 15) is 4.79 Å². The number of nitrogens with one attached hydrogen (secondary N) is 2. The van der Waals surface area contributed by atoms with E-state index < -0.39 is 0 Å². The van der Waals surface area contributed by atoms with Crippen molar-refractivity contribution >= 4 is 27.8 Å². The molecule has 2 N–H and O–H groups in total. The Morgan fingerprint density at radius 3 is 2.47 bits per heavy atom. The lowest BCUT2D eigenvalue weighted by atomic mass is 9.90. The molecule has 2 aromatic heterocycles. The second kappa shape index (κ2) is 8.27. The molecule has 0 spiro atoms. The Kier molecular flexibility index (Phi) is 5.15. The number of aromatic amines is 1. The average molecular weight is 425 g/mol. The van der Waals surface area contributed by atoms with E-state index in [1.807, 2.05) is 73.8 Å². The molecule has 32 heavy (non-hydrogen) atoms. The molecule has 5 rings (SSSR count). The number of hydrogen-bond acceptors (Lipinski definition) is 3. The van der Waals surface area contributed by atoms with Gasteiger partial charge in [-0.2, -0.15) is 0 Å². The van der Waals surface area contributed by atoms with E-state index in [1.165, 1.54) is 0 Å². The number of carbonyl (C=O) groups is 1. The topological polar surface area (TPSA) is 67.3 Å². The lowest BCUT2D eigenvalue weighted by Gasteiger charge is -2.18. The Balaban J connectivity index is 1.47. The molecule has 0 saturated heterocycles. The van der Waals surface area contributed by atoms with Crippen molar-refractivity contribution in [1.82, 2.24) is 10.3 Å². The maximum atomic E-state index is 13.1. The van der Waals surface area contributed by atoms with Gasteiger partial charge < -0.3 is 19.5 Å². The zero-order valence-corrected chi connectivity index (χ0v) is 18.0. The Morgan fingerprint density at radius 2 is 1.72 bits per heavy atom. The van der Waals surface area contributed by atoms with Crippen LogP contribution in [0.3, 0.4) is 0 Å². The third-order valence-electron chi connectivity index (χ3n) is 6.03. The van der Waals surface area contributed by atoms with Gasteiger partial charge in [0.1, 0.15) is 11.3 Å². The van der Waals surface area contributed by atoms with Gasteiger partial charge >= 0.3 is 0 Å². The lowest BCUT2D eigenvalue weighted by Crippen LogP contribution is -2.29. The molecule has 5 aromatic rings. The quantitative estimate of drug-likeness (QED) is 0.362. The molecule has 3 aromatic carbocycles. The highest BCUT2D eigenvalue weighted by Crippen LogP contribution is 2.32. The van der Waals surface area contributed by atoms with Gasteiger partial charge in [-0.3, -0.25) is 4.79 Å². The molecule has 160 valence electrons. The summed E-state index contributed by atoms with van der Waals surface area (Å²) in [5, 5.41) is 5.20. The summed E-state index contributed by atoms with van der Waals surface area (Å²) in [6, 6.07) is 23.9. The fraction of sp³-hybridized carbons (Fsp3) is 0.148. The predicted octanol–water partition coefficient (Wildman–Crippen LogP) is 5.79. The molecule has 2 heterocycles. The lowest BCUT2D eigenvalue weighted by molar-refractivity contribution is 0.0926. The van der Waals surface area contributed by atoms with Crippen LogP contribution < -0.4 is 10.1 Å². The number of hydrogen-bond donors (Lipinski definition) is 2. The van der Waals surface area contributed by atoms with Crippen LogP contribution in [0.5, 0.6) is 5.75 Å². The number of amides is 1. The minimum atomic E-state index is -0.211. The summed E-state index contributed by atoms with van der Waals surface area (Å²) < 4.78 is 11.2. The number of para-hydroxylation sites is 2. The number of aromatic nitrogens is 1. The minimum Gasteiger partial charge on any atom is -0.497 e. The summed E-state index contributed by atoms with van der Waals surface area (Å²) in [4.78, 5) is 16.4. The molecule has 1 atom stereocenters. The van der Waals surface area contributed by atoms with Gasteiger partial charge in [0, 0.05) is 40.5 Å². The molecule has 1 unspecified atom stereocenters. The summed E-state index contributed by atoms with van der Waals surface area (Å²) in [5.74, 6) is 0.912. The van der Waals surface area contributed by atoms with Crippen LogP contribution >= 0.6 is 0 Å². The van der Waals surface area contributed by atoms with E-state index in [-0.39, 0.29) is 11.8 Å². The van der Waals surface area contributed by atoms with Gasteiger partial charge in [-0.15, -0.1) is 0 Å². The van der Waals surface area contributed by atoms with Crippen molar-refractivity contribution in [3.63, 3.8) is 0 Å². The molecular weight excluding hydrogens is 400 g/mol. The fourth-order valence-electron chi connectivity index (χ4n) is 4.29. The van der Waals surface area contributed by atoms with Crippen LogP contribution in [0.1, 0.15) is 33.2 Å². The summed E-state index contributed by atoms with van der Waals surface area (Å²) >= 11 is 0. The normalized spacial score (nSPS) is 12.2. The van der Waals surface area contributed by atoms with Crippen molar-refractivity contribution in [2.45, 2.75) is 12.8 Å². The zero-order valence-electron chi connectivity index (χ0n) is 18.0. The van der Waals surface area contributed by atoms with Gasteiger partial charge in [0.25, 0.3) is 5.91 Å².